The smallest absolute Gasteiger partial charge is 0.308 e. The summed E-state index contributed by atoms with van der Waals surface area (Å²) >= 11 is 0. The third-order valence-electron chi connectivity index (χ3n) is 2.77. The molecule has 0 unspecified atom stereocenters. The fourth-order valence-electron chi connectivity index (χ4n) is 1.83. The number of nitrogens with zero attached hydrogens (tertiary/aromatic N) is 1. The average molecular weight is 197 g/mol. The van der Waals surface area contributed by atoms with Crippen molar-refractivity contribution in [2.45, 2.75) is 19.3 Å². The van der Waals surface area contributed by atoms with Crippen LogP contribution in [-0.2, 0) is 9.53 Å². The first kappa shape index (κ1) is 11.2. The zero-order chi connectivity index (χ0) is 10.4. The van der Waals surface area contributed by atoms with Gasteiger partial charge in [0.25, 0.3) is 0 Å². The standard InChI is InChI=1S/C11H19NO2/c1-3-4-7-12-8-5-10(6-9-12)11(13)14-2/h3,10H,1,4-9H2,2H3. The first-order valence-corrected chi connectivity index (χ1v) is 5.19. The van der Waals surface area contributed by atoms with Crippen molar-refractivity contribution in [3.8, 4) is 0 Å². The minimum Gasteiger partial charge on any atom is -0.469 e. The van der Waals surface area contributed by atoms with Crippen molar-refractivity contribution in [1.82, 2.24) is 4.90 Å². The molecule has 80 valence electrons. The molecule has 0 radical (unpaired) electrons. The molecule has 0 aliphatic carbocycles. The lowest BCUT2D eigenvalue weighted by molar-refractivity contribution is -0.147. The maximum atomic E-state index is 11.2. The monoisotopic (exact) mass is 197 g/mol. The Hall–Kier alpha value is -0.830. The van der Waals surface area contributed by atoms with E-state index in [2.05, 4.69) is 11.5 Å². The number of piperidine rings is 1. The Morgan fingerprint density at radius 3 is 2.71 bits per heavy atom. The van der Waals surface area contributed by atoms with Gasteiger partial charge in [-0.1, -0.05) is 6.08 Å². The van der Waals surface area contributed by atoms with Crippen molar-refractivity contribution in [1.29, 1.82) is 0 Å². The largest absolute Gasteiger partial charge is 0.469 e. The van der Waals surface area contributed by atoms with Crippen LogP contribution in [0.2, 0.25) is 0 Å². The van der Waals surface area contributed by atoms with Gasteiger partial charge in [0.05, 0.1) is 13.0 Å². The Kier molecular flexibility index (Phi) is 4.66. The van der Waals surface area contributed by atoms with Crippen LogP contribution in [-0.4, -0.2) is 37.6 Å². The van der Waals surface area contributed by atoms with E-state index in [9.17, 15) is 4.79 Å². The third kappa shape index (κ3) is 3.14. The first-order chi connectivity index (χ1) is 6.77. The van der Waals surface area contributed by atoms with Gasteiger partial charge in [0.2, 0.25) is 0 Å². The molecule has 3 heteroatoms. The Labute approximate surface area is 85.7 Å². The number of rotatable bonds is 4. The van der Waals surface area contributed by atoms with Crippen LogP contribution in [0.1, 0.15) is 19.3 Å². The van der Waals surface area contributed by atoms with E-state index in [1.54, 1.807) is 0 Å². The molecule has 1 heterocycles. The fraction of sp³-hybridized carbons (Fsp3) is 0.727. The molecule has 0 aromatic rings. The van der Waals surface area contributed by atoms with Gasteiger partial charge in [-0.3, -0.25) is 4.79 Å². The molecule has 14 heavy (non-hydrogen) atoms. The first-order valence-electron chi connectivity index (χ1n) is 5.19. The number of likely N-dealkylation sites (tertiary alicyclic amines) is 1. The normalized spacial score (nSPS) is 19.2. The Bertz CT molecular complexity index is 195. The summed E-state index contributed by atoms with van der Waals surface area (Å²) in [5.74, 6) is 0.0772. The quantitative estimate of drug-likeness (QED) is 0.504. The van der Waals surface area contributed by atoms with Gasteiger partial charge >= 0.3 is 5.97 Å². The predicted molar refractivity (Wildman–Crippen MR) is 56.0 cm³/mol. The third-order valence-corrected chi connectivity index (χ3v) is 2.77. The summed E-state index contributed by atoms with van der Waals surface area (Å²) in [5, 5.41) is 0. The number of ether oxygens (including phenoxy) is 1. The number of methoxy groups -OCH3 is 1. The lowest BCUT2D eigenvalue weighted by Gasteiger charge is -2.30. The van der Waals surface area contributed by atoms with Gasteiger partial charge in [0, 0.05) is 6.54 Å². The van der Waals surface area contributed by atoms with Crippen molar-refractivity contribution in [3.63, 3.8) is 0 Å². The molecule has 0 atom stereocenters. The van der Waals surface area contributed by atoms with Crippen LogP contribution in [0.5, 0.6) is 0 Å². The molecule has 1 aliphatic rings. The van der Waals surface area contributed by atoms with Crippen molar-refractivity contribution in [2.24, 2.45) is 5.92 Å². The van der Waals surface area contributed by atoms with Crippen molar-refractivity contribution in [2.75, 3.05) is 26.7 Å². The molecule has 3 nitrogen and oxygen atoms in total. The van der Waals surface area contributed by atoms with Crippen molar-refractivity contribution < 1.29 is 9.53 Å². The van der Waals surface area contributed by atoms with Crippen LogP contribution >= 0.6 is 0 Å². The molecule has 0 amide bonds. The number of carbonyl (C=O) groups is 1. The van der Waals surface area contributed by atoms with Gasteiger partial charge in [-0.05, 0) is 32.4 Å². The molecular formula is C11H19NO2. The second kappa shape index (κ2) is 5.81. The molecule has 0 aromatic heterocycles. The second-order valence-corrected chi connectivity index (χ2v) is 3.72. The van der Waals surface area contributed by atoms with E-state index in [-0.39, 0.29) is 11.9 Å². The summed E-state index contributed by atoms with van der Waals surface area (Å²) < 4.78 is 4.73. The lowest BCUT2D eigenvalue weighted by atomic mass is 9.97. The SMILES string of the molecule is C=CCCN1CCC(C(=O)OC)CC1. The molecule has 1 aliphatic heterocycles. The average Bonchev–Trinajstić information content (AvgIpc) is 2.26. The van der Waals surface area contributed by atoms with E-state index in [1.165, 1.54) is 7.11 Å². The minimum atomic E-state index is -0.0478. The van der Waals surface area contributed by atoms with Gasteiger partial charge in [-0.15, -0.1) is 6.58 Å². The minimum absolute atomic E-state index is 0.0478. The molecule has 0 spiro atoms. The van der Waals surface area contributed by atoms with Gasteiger partial charge in [0.1, 0.15) is 0 Å². The summed E-state index contributed by atoms with van der Waals surface area (Å²) in [6.45, 7) is 6.78. The van der Waals surface area contributed by atoms with Crippen LogP contribution < -0.4 is 0 Å². The van der Waals surface area contributed by atoms with Crippen molar-refractivity contribution >= 4 is 5.97 Å². The van der Waals surface area contributed by atoms with Crippen LogP contribution in [0.3, 0.4) is 0 Å². The summed E-state index contributed by atoms with van der Waals surface area (Å²) in [4.78, 5) is 13.6. The van der Waals surface area contributed by atoms with Gasteiger partial charge in [-0.2, -0.15) is 0 Å². The van der Waals surface area contributed by atoms with E-state index in [4.69, 9.17) is 4.74 Å². The van der Waals surface area contributed by atoms with E-state index >= 15 is 0 Å². The molecular weight excluding hydrogens is 178 g/mol. The van der Waals surface area contributed by atoms with Crippen LogP contribution in [0, 0.1) is 5.92 Å². The van der Waals surface area contributed by atoms with Crippen molar-refractivity contribution in [3.05, 3.63) is 12.7 Å². The highest BCUT2D eigenvalue weighted by atomic mass is 16.5. The predicted octanol–water partition coefficient (Wildman–Crippen LogP) is 1.45. The number of esters is 1. The van der Waals surface area contributed by atoms with E-state index in [0.29, 0.717) is 0 Å². The van der Waals surface area contributed by atoms with E-state index in [1.807, 2.05) is 6.08 Å². The topological polar surface area (TPSA) is 29.5 Å². The van der Waals surface area contributed by atoms with Crippen LogP contribution in [0.25, 0.3) is 0 Å². The lowest BCUT2D eigenvalue weighted by Crippen LogP contribution is -2.37. The van der Waals surface area contributed by atoms with Gasteiger partial charge < -0.3 is 9.64 Å². The van der Waals surface area contributed by atoms with Gasteiger partial charge in [0.15, 0.2) is 0 Å². The molecule has 0 saturated carbocycles. The molecule has 0 bridgehead atoms. The van der Waals surface area contributed by atoms with Crippen LogP contribution in [0.15, 0.2) is 12.7 Å². The zero-order valence-corrected chi connectivity index (χ0v) is 8.87. The van der Waals surface area contributed by atoms with Gasteiger partial charge in [-0.25, -0.2) is 0 Å². The number of carbonyl (C=O) groups excluding carboxylic acids is 1. The Morgan fingerprint density at radius 2 is 2.21 bits per heavy atom. The highest BCUT2D eigenvalue weighted by Gasteiger charge is 2.24. The van der Waals surface area contributed by atoms with Crippen LogP contribution in [0.4, 0.5) is 0 Å². The molecule has 1 fully saturated rings. The second-order valence-electron chi connectivity index (χ2n) is 3.72. The highest BCUT2D eigenvalue weighted by molar-refractivity contribution is 5.72. The maximum Gasteiger partial charge on any atom is 0.308 e. The molecule has 0 aromatic carbocycles. The fourth-order valence-corrected chi connectivity index (χ4v) is 1.83. The molecule has 1 saturated heterocycles. The Balaban J connectivity index is 2.24. The summed E-state index contributed by atoms with van der Waals surface area (Å²) in [7, 11) is 1.46. The van der Waals surface area contributed by atoms with E-state index < -0.39 is 0 Å². The molecule has 0 N–H and O–H groups in total. The maximum absolute atomic E-state index is 11.2. The zero-order valence-electron chi connectivity index (χ0n) is 8.87. The summed E-state index contributed by atoms with van der Waals surface area (Å²) in [6, 6.07) is 0. The summed E-state index contributed by atoms with van der Waals surface area (Å²) in [5.41, 5.74) is 0. The summed E-state index contributed by atoms with van der Waals surface area (Å²) in [6.07, 6.45) is 4.84. The Morgan fingerprint density at radius 1 is 1.57 bits per heavy atom. The number of hydrogen-bond acceptors (Lipinski definition) is 3. The van der Waals surface area contributed by atoms with E-state index in [0.717, 1.165) is 38.9 Å². The number of hydrogen-bond donors (Lipinski definition) is 0. The molecule has 1 rings (SSSR count). The highest BCUT2D eigenvalue weighted by Crippen LogP contribution is 2.18.